The van der Waals surface area contributed by atoms with Gasteiger partial charge in [-0.25, -0.2) is 13.4 Å². The molecule has 0 saturated carbocycles. The van der Waals surface area contributed by atoms with E-state index in [0.29, 0.717) is 10.6 Å². The first-order valence-electron chi connectivity index (χ1n) is 7.91. The van der Waals surface area contributed by atoms with Crippen LogP contribution < -0.4 is 4.72 Å². The second-order valence-corrected chi connectivity index (χ2v) is 7.43. The van der Waals surface area contributed by atoms with Crippen molar-refractivity contribution in [1.29, 1.82) is 0 Å². The van der Waals surface area contributed by atoms with Crippen LogP contribution >= 0.6 is 0 Å². The molecule has 2 N–H and O–H groups in total. The van der Waals surface area contributed by atoms with Gasteiger partial charge < -0.3 is 4.98 Å². The molecule has 6 nitrogen and oxygen atoms in total. The topological polar surface area (TPSA) is 87.7 Å². The third-order valence-corrected chi connectivity index (χ3v) is 5.39. The maximum Gasteiger partial charge on any atom is 0.261 e. The average Bonchev–Trinajstić information content (AvgIpc) is 3.06. The van der Waals surface area contributed by atoms with Crippen LogP contribution in [0, 0.1) is 0 Å². The highest BCUT2D eigenvalue weighted by Gasteiger charge is 2.17. The van der Waals surface area contributed by atoms with Gasteiger partial charge in [0.05, 0.1) is 21.6 Å². The van der Waals surface area contributed by atoms with Crippen LogP contribution in [0.5, 0.6) is 0 Å². The molecule has 3 aromatic rings. The van der Waals surface area contributed by atoms with Gasteiger partial charge in [0.15, 0.2) is 0 Å². The molecule has 0 fully saturated rings. The summed E-state index contributed by atoms with van der Waals surface area (Å²) in [6, 6.07) is 8.98. The minimum absolute atomic E-state index is 0.306. The molecule has 0 aliphatic heterocycles. The monoisotopic (exact) mass is 352 g/mol. The Bertz CT molecular complexity index is 1080. The van der Waals surface area contributed by atoms with Crippen molar-refractivity contribution in [3.8, 4) is 11.4 Å². The Labute approximate surface area is 145 Å². The second kappa shape index (κ2) is 6.18. The van der Waals surface area contributed by atoms with Gasteiger partial charge in [-0.3, -0.25) is 9.71 Å². The van der Waals surface area contributed by atoms with Gasteiger partial charge in [0.25, 0.3) is 10.0 Å². The van der Waals surface area contributed by atoms with E-state index in [-0.39, 0.29) is 0 Å². The molecule has 2 aromatic heterocycles. The predicted octanol–water partition coefficient (Wildman–Crippen LogP) is 3.60. The van der Waals surface area contributed by atoms with Gasteiger partial charge in [0, 0.05) is 18.0 Å². The van der Waals surface area contributed by atoms with Gasteiger partial charge >= 0.3 is 0 Å². The minimum atomic E-state index is -3.57. The maximum atomic E-state index is 12.5. The molecule has 1 aliphatic carbocycles. The van der Waals surface area contributed by atoms with Crippen LogP contribution in [0.15, 0.2) is 65.9 Å². The summed E-state index contributed by atoms with van der Waals surface area (Å²) in [5.41, 5.74) is 2.95. The van der Waals surface area contributed by atoms with Crippen molar-refractivity contribution in [2.45, 2.75) is 12.8 Å². The number of pyridine rings is 1. The van der Waals surface area contributed by atoms with E-state index < -0.39 is 10.0 Å². The lowest BCUT2D eigenvalue weighted by atomic mass is 10.2. The number of hydrogen-bond donors (Lipinski definition) is 2. The Kier molecular flexibility index (Phi) is 3.85. The molecular formula is C18H16N4O2S. The number of hydrogen-bond acceptors (Lipinski definition) is 4. The molecule has 4 rings (SSSR count). The Morgan fingerprint density at radius 3 is 2.68 bits per heavy atom. The maximum absolute atomic E-state index is 12.5. The molecule has 2 heterocycles. The first-order valence-corrected chi connectivity index (χ1v) is 9.40. The summed E-state index contributed by atoms with van der Waals surface area (Å²) in [6.45, 7) is 0. The van der Waals surface area contributed by atoms with Crippen LogP contribution in [0.4, 0.5) is 5.69 Å². The first kappa shape index (κ1) is 15.6. The van der Waals surface area contributed by atoms with Crippen molar-refractivity contribution in [2.24, 2.45) is 0 Å². The smallest absolute Gasteiger partial charge is 0.261 e. The van der Waals surface area contributed by atoms with Crippen molar-refractivity contribution >= 4 is 26.7 Å². The number of benzene rings is 1. The molecule has 0 bridgehead atoms. The summed E-state index contributed by atoms with van der Waals surface area (Å²) >= 11 is 0. The summed E-state index contributed by atoms with van der Waals surface area (Å²) in [5, 5.41) is 0. The van der Waals surface area contributed by atoms with E-state index in [1.165, 1.54) is 0 Å². The molecule has 1 aromatic carbocycles. The number of aromatic nitrogens is 3. The number of imidazole rings is 1. The number of fused-ring (bicyclic) bond motifs is 1. The van der Waals surface area contributed by atoms with Gasteiger partial charge in [-0.2, -0.15) is 0 Å². The first-order chi connectivity index (χ1) is 12.1. The average molecular weight is 352 g/mol. The van der Waals surface area contributed by atoms with Gasteiger partial charge in [-0.1, -0.05) is 12.2 Å². The Morgan fingerprint density at radius 2 is 1.92 bits per heavy atom. The van der Waals surface area contributed by atoms with Crippen LogP contribution in [0.25, 0.3) is 22.4 Å². The highest BCUT2D eigenvalue weighted by molar-refractivity contribution is 7.96. The SMILES string of the molecule is O=S(=O)(Nc1ccc2nc(-c3ccncc3)[nH]c2c1)C1=CCCC=C1. The summed E-state index contributed by atoms with van der Waals surface area (Å²) in [6.07, 6.45) is 10.3. The van der Waals surface area contributed by atoms with Crippen molar-refractivity contribution in [2.75, 3.05) is 4.72 Å². The van der Waals surface area contributed by atoms with Crippen LogP contribution in [0.1, 0.15) is 12.8 Å². The molecular weight excluding hydrogens is 336 g/mol. The molecule has 0 spiro atoms. The van der Waals surface area contributed by atoms with Crippen molar-refractivity contribution < 1.29 is 8.42 Å². The number of nitrogens with one attached hydrogen (secondary N) is 2. The molecule has 1 aliphatic rings. The Balaban J connectivity index is 1.65. The summed E-state index contributed by atoms with van der Waals surface area (Å²) in [5.74, 6) is 0.718. The Morgan fingerprint density at radius 1 is 1.08 bits per heavy atom. The summed E-state index contributed by atoms with van der Waals surface area (Å²) in [7, 11) is -3.57. The Hall–Kier alpha value is -2.93. The molecule has 0 atom stereocenters. The van der Waals surface area contributed by atoms with Crippen LogP contribution in [-0.4, -0.2) is 23.4 Å². The van der Waals surface area contributed by atoms with E-state index in [9.17, 15) is 8.42 Å². The van der Waals surface area contributed by atoms with E-state index >= 15 is 0 Å². The zero-order chi connectivity index (χ0) is 17.3. The van der Waals surface area contributed by atoms with Crippen LogP contribution in [0.3, 0.4) is 0 Å². The van der Waals surface area contributed by atoms with Crippen LogP contribution in [-0.2, 0) is 10.0 Å². The van der Waals surface area contributed by atoms with Crippen molar-refractivity contribution in [1.82, 2.24) is 15.0 Å². The largest absolute Gasteiger partial charge is 0.338 e. The van der Waals surface area contributed by atoms with E-state index in [2.05, 4.69) is 19.7 Å². The number of H-pyrrole nitrogens is 1. The standard InChI is InChI=1S/C18H16N4O2S/c23-25(24,15-4-2-1-3-5-15)22-14-6-7-16-17(12-14)21-18(20-16)13-8-10-19-11-9-13/h2,4-12,22H,1,3H2,(H,20,21). The molecule has 7 heteroatoms. The fourth-order valence-electron chi connectivity index (χ4n) is 2.72. The van der Waals surface area contributed by atoms with Gasteiger partial charge in [-0.05, 0) is 49.2 Å². The summed E-state index contributed by atoms with van der Waals surface area (Å²) < 4.78 is 27.5. The second-order valence-electron chi connectivity index (χ2n) is 5.74. The van der Waals surface area contributed by atoms with Crippen molar-refractivity contribution in [3.63, 3.8) is 0 Å². The fourth-order valence-corrected chi connectivity index (χ4v) is 3.89. The van der Waals surface area contributed by atoms with Gasteiger partial charge in [-0.15, -0.1) is 0 Å². The molecule has 0 saturated heterocycles. The highest BCUT2D eigenvalue weighted by atomic mass is 32.2. The lowest BCUT2D eigenvalue weighted by Gasteiger charge is -2.10. The number of anilines is 1. The number of nitrogens with zero attached hydrogens (tertiary/aromatic N) is 2. The lowest BCUT2D eigenvalue weighted by Crippen LogP contribution is -2.14. The third-order valence-electron chi connectivity index (χ3n) is 3.96. The molecule has 0 amide bonds. The number of sulfonamides is 1. The molecule has 25 heavy (non-hydrogen) atoms. The van der Waals surface area contributed by atoms with E-state index in [4.69, 9.17) is 0 Å². The normalized spacial score (nSPS) is 14.5. The van der Waals surface area contributed by atoms with Crippen molar-refractivity contribution in [3.05, 3.63) is 65.9 Å². The lowest BCUT2D eigenvalue weighted by molar-refractivity contribution is 0.607. The highest BCUT2D eigenvalue weighted by Crippen LogP contribution is 2.24. The molecule has 0 unspecified atom stereocenters. The van der Waals surface area contributed by atoms with E-state index in [0.717, 1.165) is 35.3 Å². The quantitative estimate of drug-likeness (QED) is 0.751. The molecule has 126 valence electrons. The number of rotatable bonds is 4. The van der Waals surface area contributed by atoms with Crippen LogP contribution in [0.2, 0.25) is 0 Å². The van der Waals surface area contributed by atoms with E-state index in [1.807, 2.05) is 18.2 Å². The number of aromatic amines is 1. The minimum Gasteiger partial charge on any atom is -0.338 e. The molecule has 0 radical (unpaired) electrons. The predicted molar refractivity (Wildman–Crippen MR) is 98.3 cm³/mol. The van der Waals surface area contributed by atoms with Gasteiger partial charge in [0.1, 0.15) is 5.82 Å². The zero-order valence-corrected chi connectivity index (χ0v) is 14.1. The summed E-state index contributed by atoms with van der Waals surface area (Å²) in [4.78, 5) is 12.0. The fraction of sp³-hybridized carbons (Fsp3) is 0.111. The third kappa shape index (κ3) is 3.18. The number of allylic oxidation sites excluding steroid dienone is 3. The zero-order valence-electron chi connectivity index (χ0n) is 13.3. The van der Waals surface area contributed by atoms with Gasteiger partial charge in [0.2, 0.25) is 0 Å². The van der Waals surface area contributed by atoms with E-state index in [1.54, 1.807) is 42.7 Å².